The van der Waals surface area contributed by atoms with E-state index in [9.17, 15) is 4.79 Å². The topological polar surface area (TPSA) is 69.6 Å². The lowest BCUT2D eigenvalue weighted by Crippen LogP contribution is -2.22. The Hall–Kier alpha value is -1.55. The van der Waals surface area contributed by atoms with Crippen molar-refractivity contribution in [1.29, 1.82) is 0 Å². The summed E-state index contributed by atoms with van der Waals surface area (Å²) in [7, 11) is 1.00. The zero-order chi connectivity index (χ0) is 18.8. The van der Waals surface area contributed by atoms with E-state index in [0.717, 1.165) is 20.0 Å². The van der Waals surface area contributed by atoms with Gasteiger partial charge in [-0.1, -0.05) is 64.3 Å². The van der Waals surface area contributed by atoms with Gasteiger partial charge >= 0.3 is 6.09 Å². The molecule has 0 heterocycles. The number of nitrogens with one attached hydrogen (secondary N) is 1. The van der Waals surface area contributed by atoms with Crippen LogP contribution in [-0.2, 0) is 6.42 Å². The van der Waals surface area contributed by atoms with Crippen molar-refractivity contribution in [1.82, 2.24) is 5.32 Å². The van der Waals surface area contributed by atoms with Gasteiger partial charge < -0.3 is 15.5 Å². The Morgan fingerprint density at radius 1 is 1.12 bits per heavy atom. The molecule has 0 bridgehead atoms. The number of aryl methyl sites for hydroxylation is 2. The highest BCUT2D eigenvalue weighted by molar-refractivity contribution is 5.65. The monoisotopic (exact) mass is 339 g/mol. The molecule has 140 valence electrons. The molecule has 0 radical (unpaired) electrons. The molecule has 1 aliphatic rings. The number of aliphatic hydroxyl groups is 1. The first-order chi connectivity index (χ1) is 11.6. The summed E-state index contributed by atoms with van der Waals surface area (Å²) in [4.78, 5) is 9.74. The molecular formula is C20H37NO3. The van der Waals surface area contributed by atoms with Gasteiger partial charge in [-0.3, -0.25) is 0 Å². The molecule has 4 heteroatoms. The smallest absolute Gasteiger partial charge is 0.404 e. The number of hydrogen-bond acceptors (Lipinski definition) is 2. The average molecular weight is 340 g/mol. The molecular weight excluding hydrogens is 302 g/mol. The van der Waals surface area contributed by atoms with Crippen LogP contribution in [0.5, 0.6) is 0 Å². The maximum absolute atomic E-state index is 9.74. The van der Waals surface area contributed by atoms with Gasteiger partial charge in [0.1, 0.15) is 0 Å². The third-order valence-corrected chi connectivity index (χ3v) is 3.47. The standard InChI is InChI=1S/C13H20.C4H7NO2.C2H6.CH4O/c1-3-4-5-6-10-13-11-8-7-9-12(13)2;6-4(7)5-3-1-2-3;2*1-2/h7-9,11H,3-6,10H2,1-2H3;3,5H,1-2H2,(H,6,7);1-2H3;2H,1H3. The van der Waals surface area contributed by atoms with Crippen molar-refractivity contribution in [3.8, 4) is 0 Å². The van der Waals surface area contributed by atoms with Crippen LogP contribution in [0.2, 0.25) is 0 Å². The van der Waals surface area contributed by atoms with E-state index in [-0.39, 0.29) is 6.04 Å². The lowest BCUT2D eigenvalue weighted by molar-refractivity contribution is 0.194. The van der Waals surface area contributed by atoms with Gasteiger partial charge in [0.2, 0.25) is 0 Å². The average Bonchev–Trinajstić information content (AvgIpc) is 3.41. The summed E-state index contributed by atoms with van der Waals surface area (Å²) in [6.45, 7) is 8.46. The Kier molecular flexibility index (Phi) is 18.3. The molecule has 0 spiro atoms. The number of carboxylic acid groups (broad SMARTS) is 1. The van der Waals surface area contributed by atoms with Crippen LogP contribution >= 0.6 is 0 Å². The number of carbonyl (C=O) groups is 1. The minimum atomic E-state index is -0.900. The van der Waals surface area contributed by atoms with Gasteiger partial charge in [0.25, 0.3) is 0 Å². The normalized spacial score (nSPS) is 11.6. The summed E-state index contributed by atoms with van der Waals surface area (Å²) in [6, 6.07) is 8.99. The number of amides is 1. The number of benzene rings is 1. The van der Waals surface area contributed by atoms with E-state index in [1.165, 1.54) is 43.2 Å². The molecule has 0 aromatic heterocycles. The van der Waals surface area contributed by atoms with Crippen LogP contribution in [0.15, 0.2) is 24.3 Å². The van der Waals surface area contributed by atoms with E-state index in [1.54, 1.807) is 0 Å². The second-order valence-corrected chi connectivity index (χ2v) is 5.46. The Labute approximate surface area is 148 Å². The van der Waals surface area contributed by atoms with Crippen molar-refractivity contribution >= 4 is 6.09 Å². The molecule has 0 unspecified atom stereocenters. The molecule has 1 saturated carbocycles. The SMILES string of the molecule is CC.CCCCCCc1ccccc1C.CO.O=C(O)NC1CC1. The van der Waals surface area contributed by atoms with E-state index in [4.69, 9.17) is 10.2 Å². The maximum Gasteiger partial charge on any atom is 0.404 e. The van der Waals surface area contributed by atoms with Gasteiger partial charge in [-0.15, -0.1) is 0 Å². The van der Waals surface area contributed by atoms with Gasteiger partial charge in [0.15, 0.2) is 0 Å². The third-order valence-electron chi connectivity index (χ3n) is 3.47. The van der Waals surface area contributed by atoms with Crippen LogP contribution in [-0.4, -0.2) is 29.5 Å². The highest BCUT2D eigenvalue weighted by Crippen LogP contribution is 2.17. The van der Waals surface area contributed by atoms with E-state index in [0.29, 0.717) is 0 Å². The van der Waals surface area contributed by atoms with Crippen molar-refractivity contribution in [2.24, 2.45) is 0 Å². The van der Waals surface area contributed by atoms with Gasteiger partial charge in [-0.2, -0.15) is 0 Å². The zero-order valence-corrected chi connectivity index (χ0v) is 16.1. The van der Waals surface area contributed by atoms with E-state index in [2.05, 4.69) is 43.4 Å². The summed E-state index contributed by atoms with van der Waals surface area (Å²) < 4.78 is 0. The minimum absolute atomic E-state index is 0.275. The van der Waals surface area contributed by atoms with Gasteiger partial charge in [0, 0.05) is 13.2 Å². The highest BCUT2D eigenvalue weighted by atomic mass is 16.4. The van der Waals surface area contributed by atoms with E-state index >= 15 is 0 Å². The molecule has 1 amide bonds. The molecule has 0 saturated heterocycles. The Bertz CT molecular complexity index is 404. The first-order valence-corrected chi connectivity index (χ1v) is 9.12. The van der Waals surface area contributed by atoms with Gasteiger partial charge in [-0.25, -0.2) is 4.79 Å². The van der Waals surface area contributed by atoms with Gasteiger partial charge in [-0.05, 0) is 43.7 Å². The lowest BCUT2D eigenvalue weighted by Gasteiger charge is -2.04. The maximum atomic E-state index is 9.74. The van der Waals surface area contributed by atoms with Crippen molar-refractivity contribution < 1.29 is 15.0 Å². The molecule has 1 aromatic rings. The second kappa shape index (κ2) is 17.8. The van der Waals surface area contributed by atoms with Crippen molar-refractivity contribution in [3.63, 3.8) is 0 Å². The number of unbranched alkanes of at least 4 members (excludes halogenated alkanes) is 3. The van der Waals surface area contributed by atoms with Crippen LogP contribution in [0, 0.1) is 6.92 Å². The van der Waals surface area contributed by atoms with E-state index < -0.39 is 6.09 Å². The van der Waals surface area contributed by atoms with Crippen LogP contribution < -0.4 is 5.32 Å². The molecule has 0 aliphatic heterocycles. The largest absolute Gasteiger partial charge is 0.465 e. The number of hydrogen-bond donors (Lipinski definition) is 3. The predicted molar refractivity (Wildman–Crippen MR) is 103 cm³/mol. The molecule has 1 fully saturated rings. The van der Waals surface area contributed by atoms with Crippen LogP contribution in [0.4, 0.5) is 4.79 Å². The number of rotatable bonds is 6. The molecule has 2 rings (SSSR count). The fourth-order valence-corrected chi connectivity index (χ4v) is 2.04. The highest BCUT2D eigenvalue weighted by Gasteiger charge is 2.22. The van der Waals surface area contributed by atoms with Crippen LogP contribution in [0.3, 0.4) is 0 Å². The Morgan fingerprint density at radius 2 is 1.71 bits per heavy atom. The summed E-state index contributed by atoms with van der Waals surface area (Å²) in [5.41, 5.74) is 2.97. The number of aliphatic hydroxyl groups excluding tert-OH is 1. The Morgan fingerprint density at radius 3 is 2.12 bits per heavy atom. The summed E-state index contributed by atoms with van der Waals surface area (Å²) >= 11 is 0. The van der Waals surface area contributed by atoms with Crippen LogP contribution in [0.1, 0.15) is 70.4 Å². The molecule has 0 atom stereocenters. The third kappa shape index (κ3) is 15.3. The first-order valence-electron chi connectivity index (χ1n) is 9.12. The lowest BCUT2D eigenvalue weighted by atomic mass is 10.0. The molecule has 3 N–H and O–H groups in total. The first kappa shape index (κ1) is 24.7. The Balaban J connectivity index is 0. The summed E-state index contributed by atoms with van der Waals surface area (Å²) in [5, 5.41) is 17.3. The summed E-state index contributed by atoms with van der Waals surface area (Å²) in [6.07, 6.45) is 7.83. The quantitative estimate of drug-likeness (QED) is 0.626. The fraction of sp³-hybridized carbons (Fsp3) is 0.650. The molecule has 1 aliphatic carbocycles. The minimum Gasteiger partial charge on any atom is -0.465 e. The predicted octanol–water partition coefficient (Wildman–Crippen LogP) is 5.17. The molecule has 4 nitrogen and oxygen atoms in total. The van der Waals surface area contributed by atoms with Crippen molar-refractivity contribution in [2.45, 2.75) is 78.7 Å². The van der Waals surface area contributed by atoms with Gasteiger partial charge in [0.05, 0.1) is 0 Å². The van der Waals surface area contributed by atoms with Crippen LogP contribution in [0.25, 0.3) is 0 Å². The summed E-state index contributed by atoms with van der Waals surface area (Å²) in [5.74, 6) is 0. The zero-order valence-electron chi connectivity index (χ0n) is 16.1. The molecule has 1 aromatic carbocycles. The fourth-order valence-electron chi connectivity index (χ4n) is 2.04. The van der Waals surface area contributed by atoms with Crippen molar-refractivity contribution in [2.75, 3.05) is 7.11 Å². The molecule has 24 heavy (non-hydrogen) atoms. The second-order valence-electron chi connectivity index (χ2n) is 5.46. The van der Waals surface area contributed by atoms with E-state index in [1.807, 2.05) is 13.8 Å². The van der Waals surface area contributed by atoms with Crippen molar-refractivity contribution in [3.05, 3.63) is 35.4 Å².